The summed E-state index contributed by atoms with van der Waals surface area (Å²) in [6.45, 7) is 2.35. The molecule has 0 saturated heterocycles. The number of aromatic hydroxyl groups is 1. The largest absolute Gasteiger partial charge is 0.504 e. The molecule has 148 valence electrons. The van der Waals surface area contributed by atoms with Gasteiger partial charge in [0.05, 0.1) is 22.9 Å². The Kier molecular flexibility index (Phi) is 8.10. The zero-order valence-corrected chi connectivity index (χ0v) is 16.5. The fourth-order valence-corrected chi connectivity index (χ4v) is 2.44. The van der Waals surface area contributed by atoms with Crippen LogP contribution in [0.5, 0.6) is 11.5 Å². The maximum atomic E-state index is 12.0. The van der Waals surface area contributed by atoms with Gasteiger partial charge in [0.25, 0.3) is 5.91 Å². The molecule has 7 nitrogen and oxygen atoms in total. The van der Waals surface area contributed by atoms with Gasteiger partial charge in [-0.05, 0) is 48.9 Å². The Morgan fingerprint density at radius 2 is 1.96 bits per heavy atom. The van der Waals surface area contributed by atoms with E-state index in [9.17, 15) is 14.7 Å². The maximum absolute atomic E-state index is 12.0. The van der Waals surface area contributed by atoms with Gasteiger partial charge in [0, 0.05) is 18.5 Å². The van der Waals surface area contributed by atoms with Crippen LogP contribution in [0.4, 0.5) is 0 Å². The van der Waals surface area contributed by atoms with E-state index in [1.165, 1.54) is 24.4 Å². The summed E-state index contributed by atoms with van der Waals surface area (Å²) in [6.07, 6.45) is 1.47. The van der Waals surface area contributed by atoms with Gasteiger partial charge in [-0.25, -0.2) is 5.43 Å². The summed E-state index contributed by atoms with van der Waals surface area (Å²) in [6, 6.07) is 9.24. The molecule has 0 heterocycles. The Labute approximate surface area is 172 Å². The van der Waals surface area contributed by atoms with Crippen LogP contribution in [-0.2, 0) is 4.79 Å². The fraction of sp³-hybridized carbons (Fsp3) is 0.211. The second-order valence-corrected chi connectivity index (χ2v) is 6.40. The summed E-state index contributed by atoms with van der Waals surface area (Å²) in [4.78, 5) is 23.8. The minimum absolute atomic E-state index is 0.0285. The smallest absolute Gasteiger partial charge is 0.251 e. The molecular formula is C19H19Cl2N3O4. The van der Waals surface area contributed by atoms with Crippen molar-refractivity contribution in [3.63, 3.8) is 0 Å². The van der Waals surface area contributed by atoms with E-state index >= 15 is 0 Å². The molecule has 0 saturated carbocycles. The number of carbonyl (C=O) groups excluding carboxylic acids is 2. The van der Waals surface area contributed by atoms with E-state index in [0.717, 1.165) is 0 Å². The van der Waals surface area contributed by atoms with Crippen LogP contribution in [0.3, 0.4) is 0 Å². The highest BCUT2D eigenvalue weighted by molar-refractivity contribution is 6.42. The molecule has 2 aromatic carbocycles. The number of amides is 2. The number of benzene rings is 2. The van der Waals surface area contributed by atoms with Gasteiger partial charge in [-0.3, -0.25) is 9.59 Å². The monoisotopic (exact) mass is 423 g/mol. The normalized spacial score (nSPS) is 10.7. The van der Waals surface area contributed by atoms with E-state index in [1.54, 1.807) is 25.1 Å². The highest BCUT2D eigenvalue weighted by Gasteiger charge is 2.08. The highest BCUT2D eigenvalue weighted by atomic mass is 35.5. The van der Waals surface area contributed by atoms with Crippen LogP contribution in [0, 0.1) is 0 Å². The van der Waals surface area contributed by atoms with Crippen molar-refractivity contribution in [3.05, 3.63) is 57.6 Å². The predicted octanol–water partition coefficient (Wildman–Crippen LogP) is 3.37. The molecule has 2 rings (SSSR count). The summed E-state index contributed by atoms with van der Waals surface area (Å²) < 4.78 is 5.28. The second-order valence-electron chi connectivity index (χ2n) is 5.59. The lowest BCUT2D eigenvalue weighted by molar-refractivity contribution is -0.120. The first-order valence-electron chi connectivity index (χ1n) is 8.41. The molecule has 3 N–H and O–H groups in total. The molecule has 0 spiro atoms. The van der Waals surface area contributed by atoms with Gasteiger partial charge in [0.1, 0.15) is 0 Å². The minimum atomic E-state index is -0.366. The number of hydrogen-bond donors (Lipinski definition) is 3. The van der Waals surface area contributed by atoms with Crippen molar-refractivity contribution in [2.75, 3.05) is 13.2 Å². The number of hydrogen-bond acceptors (Lipinski definition) is 5. The maximum Gasteiger partial charge on any atom is 0.251 e. The molecule has 0 aliphatic heterocycles. The van der Waals surface area contributed by atoms with Crippen LogP contribution in [-0.4, -0.2) is 36.3 Å². The van der Waals surface area contributed by atoms with Gasteiger partial charge in [-0.1, -0.05) is 23.2 Å². The van der Waals surface area contributed by atoms with Gasteiger partial charge in [-0.15, -0.1) is 0 Å². The SMILES string of the molecule is CCOc1cc(C=NNC(=O)CCNC(=O)c2ccc(Cl)c(Cl)c2)ccc1O. The molecule has 28 heavy (non-hydrogen) atoms. The van der Waals surface area contributed by atoms with Crippen LogP contribution in [0.15, 0.2) is 41.5 Å². The third-order valence-corrected chi connectivity index (χ3v) is 4.25. The first-order chi connectivity index (χ1) is 13.4. The summed E-state index contributed by atoms with van der Waals surface area (Å²) in [5.74, 6) is -0.361. The molecule has 0 unspecified atom stereocenters. The van der Waals surface area contributed by atoms with Crippen molar-refractivity contribution < 1.29 is 19.4 Å². The highest BCUT2D eigenvalue weighted by Crippen LogP contribution is 2.26. The molecule has 0 aliphatic rings. The van der Waals surface area contributed by atoms with Crippen molar-refractivity contribution >= 4 is 41.2 Å². The summed E-state index contributed by atoms with van der Waals surface area (Å²) in [5.41, 5.74) is 3.36. The zero-order valence-electron chi connectivity index (χ0n) is 15.0. The zero-order chi connectivity index (χ0) is 20.5. The molecule has 2 amide bonds. The van der Waals surface area contributed by atoms with Crippen LogP contribution in [0.2, 0.25) is 10.0 Å². The van der Waals surface area contributed by atoms with Crippen LogP contribution >= 0.6 is 23.2 Å². The van der Waals surface area contributed by atoms with Crippen molar-refractivity contribution in [2.45, 2.75) is 13.3 Å². The fourth-order valence-electron chi connectivity index (χ4n) is 2.15. The lowest BCUT2D eigenvalue weighted by atomic mass is 10.2. The predicted molar refractivity (Wildman–Crippen MR) is 108 cm³/mol. The number of hydrazone groups is 1. The Hall–Kier alpha value is -2.77. The first kappa shape index (κ1) is 21.5. The van der Waals surface area contributed by atoms with E-state index in [-0.39, 0.29) is 35.6 Å². The summed E-state index contributed by atoms with van der Waals surface area (Å²) in [5, 5.41) is 16.7. The number of phenolic OH excluding ortho intramolecular Hbond substituents is 1. The molecule has 0 bridgehead atoms. The molecule has 0 aliphatic carbocycles. The van der Waals surface area contributed by atoms with E-state index in [0.29, 0.717) is 28.5 Å². The first-order valence-corrected chi connectivity index (χ1v) is 9.17. The third-order valence-electron chi connectivity index (χ3n) is 3.51. The van der Waals surface area contributed by atoms with Gasteiger partial charge in [-0.2, -0.15) is 5.10 Å². The molecule has 0 aromatic heterocycles. The van der Waals surface area contributed by atoms with Crippen molar-refractivity contribution in [2.24, 2.45) is 5.10 Å². The van der Waals surface area contributed by atoms with Gasteiger partial charge in [0.2, 0.25) is 5.91 Å². The number of nitrogens with one attached hydrogen (secondary N) is 2. The Bertz CT molecular complexity index is 887. The van der Waals surface area contributed by atoms with Gasteiger partial charge >= 0.3 is 0 Å². The molecule has 2 aromatic rings. The topological polar surface area (TPSA) is 100 Å². The van der Waals surface area contributed by atoms with Crippen molar-refractivity contribution in [1.29, 1.82) is 0 Å². The molecular weight excluding hydrogens is 405 g/mol. The van der Waals surface area contributed by atoms with Gasteiger partial charge in [0.15, 0.2) is 11.5 Å². The number of nitrogens with zero attached hydrogens (tertiary/aromatic N) is 1. The Morgan fingerprint density at radius 1 is 1.18 bits per heavy atom. The average Bonchev–Trinajstić information content (AvgIpc) is 2.66. The summed E-state index contributed by atoms with van der Waals surface area (Å²) in [7, 11) is 0. The number of carbonyl (C=O) groups is 2. The number of rotatable bonds is 8. The lowest BCUT2D eigenvalue weighted by Gasteiger charge is -2.06. The third kappa shape index (κ3) is 6.44. The molecule has 0 radical (unpaired) electrons. The second kappa shape index (κ2) is 10.5. The van der Waals surface area contributed by atoms with Crippen LogP contribution in [0.1, 0.15) is 29.3 Å². The quantitative estimate of drug-likeness (QED) is 0.447. The average molecular weight is 424 g/mol. The Balaban J connectivity index is 1.78. The number of halogens is 2. The van der Waals surface area contributed by atoms with Crippen LogP contribution in [0.25, 0.3) is 0 Å². The van der Waals surface area contributed by atoms with E-state index < -0.39 is 0 Å². The van der Waals surface area contributed by atoms with Gasteiger partial charge < -0.3 is 15.2 Å². The van der Waals surface area contributed by atoms with Crippen molar-refractivity contribution in [1.82, 2.24) is 10.7 Å². The number of ether oxygens (including phenoxy) is 1. The Morgan fingerprint density at radius 3 is 2.68 bits per heavy atom. The standard InChI is InChI=1S/C19H19Cl2N3O4/c1-2-28-17-9-12(3-6-16(17)25)11-23-24-18(26)7-8-22-19(27)13-4-5-14(20)15(21)10-13/h3-6,9-11,25H,2,7-8H2,1H3,(H,22,27)(H,24,26). The lowest BCUT2D eigenvalue weighted by Crippen LogP contribution is -2.29. The van der Waals surface area contributed by atoms with Crippen molar-refractivity contribution in [3.8, 4) is 11.5 Å². The minimum Gasteiger partial charge on any atom is -0.504 e. The molecule has 9 heteroatoms. The van der Waals surface area contributed by atoms with E-state index in [4.69, 9.17) is 27.9 Å². The summed E-state index contributed by atoms with van der Waals surface area (Å²) >= 11 is 11.7. The van der Waals surface area contributed by atoms with E-state index in [1.807, 2.05) is 0 Å². The number of phenols is 1. The molecule has 0 fully saturated rings. The molecule has 0 atom stereocenters. The van der Waals surface area contributed by atoms with Crippen LogP contribution < -0.4 is 15.5 Å². The van der Waals surface area contributed by atoms with E-state index in [2.05, 4.69) is 15.8 Å².